The summed E-state index contributed by atoms with van der Waals surface area (Å²) >= 11 is 3.34. The first-order chi connectivity index (χ1) is 21.9. The summed E-state index contributed by atoms with van der Waals surface area (Å²) in [5.41, 5.74) is 7.85. The topological polar surface area (TPSA) is 213 Å². The smallest absolute Gasteiger partial charge is 0.305 e. The fraction of sp³-hybridized carbons (Fsp3) is 0.375. The second kappa shape index (κ2) is 17.1. The molecular weight excluding hydrogens is 660 g/mol. The molecule has 3 rings (SSSR count). The quantitative estimate of drug-likeness (QED) is 0.111. The van der Waals surface area contributed by atoms with Crippen molar-refractivity contribution >= 4 is 62.3 Å². The van der Waals surface area contributed by atoms with Crippen LogP contribution >= 0.6 is 15.9 Å². The van der Waals surface area contributed by atoms with E-state index in [4.69, 9.17) is 5.73 Å². The molecule has 0 aliphatic heterocycles. The van der Waals surface area contributed by atoms with Crippen molar-refractivity contribution in [3.63, 3.8) is 0 Å². The first-order valence-corrected chi connectivity index (χ1v) is 15.7. The highest BCUT2D eigenvalue weighted by Crippen LogP contribution is 2.19. The van der Waals surface area contributed by atoms with Crippen molar-refractivity contribution in [1.29, 1.82) is 0 Å². The van der Waals surface area contributed by atoms with E-state index in [0.717, 1.165) is 20.9 Å². The van der Waals surface area contributed by atoms with Crippen LogP contribution in [0.5, 0.6) is 0 Å². The molecular formula is C32H39BrN6O7. The number of carboxylic acids is 1. The number of hydrogen-bond donors (Lipinski definition) is 7. The zero-order chi connectivity index (χ0) is 33.8. The van der Waals surface area contributed by atoms with E-state index < -0.39 is 66.1 Å². The Morgan fingerprint density at radius 1 is 0.848 bits per heavy atom. The number of benzene rings is 2. The molecule has 0 fully saturated rings. The van der Waals surface area contributed by atoms with Crippen LogP contribution in [0.2, 0.25) is 0 Å². The molecule has 46 heavy (non-hydrogen) atoms. The number of hydrogen-bond acceptors (Lipinski definition) is 6. The maximum atomic E-state index is 13.5. The van der Waals surface area contributed by atoms with Gasteiger partial charge in [0.2, 0.25) is 29.5 Å². The number of rotatable bonds is 17. The predicted molar refractivity (Wildman–Crippen MR) is 174 cm³/mol. The summed E-state index contributed by atoms with van der Waals surface area (Å²) < 4.78 is 0.748. The van der Waals surface area contributed by atoms with Crippen LogP contribution < -0.4 is 27.0 Å². The van der Waals surface area contributed by atoms with Gasteiger partial charge in [-0.15, -0.1) is 0 Å². The summed E-state index contributed by atoms with van der Waals surface area (Å²) in [6.45, 7) is 3.17. The first kappa shape index (κ1) is 35.8. The third-order valence-electron chi connectivity index (χ3n) is 7.27. The van der Waals surface area contributed by atoms with Gasteiger partial charge in [-0.2, -0.15) is 0 Å². The molecule has 1 aromatic heterocycles. The van der Waals surface area contributed by atoms with Crippen LogP contribution in [0.15, 0.2) is 59.2 Å². The zero-order valence-corrected chi connectivity index (χ0v) is 27.2. The SMILES string of the molecule is CCCC[C@H](NC(=O)[C@H](Cc1c[nH]c2ccccc12)NC(C)=O)C(=O)N[C@@H](CC(=O)O)C(=O)N[C@@H](Cc1cccc(Br)c1)C(N)=O. The van der Waals surface area contributed by atoms with E-state index >= 15 is 0 Å². The molecule has 0 radical (unpaired) electrons. The van der Waals surface area contributed by atoms with Gasteiger partial charge in [0.25, 0.3) is 0 Å². The minimum absolute atomic E-state index is 0.0321. The number of aromatic amines is 1. The van der Waals surface area contributed by atoms with Gasteiger partial charge in [-0.25, -0.2) is 0 Å². The van der Waals surface area contributed by atoms with Gasteiger partial charge in [-0.1, -0.05) is 66.0 Å². The maximum Gasteiger partial charge on any atom is 0.305 e. The highest BCUT2D eigenvalue weighted by Gasteiger charge is 2.32. The van der Waals surface area contributed by atoms with E-state index in [-0.39, 0.29) is 19.3 Å². The number of carbonyl (C=O) groups excluding carboxylic acids is 5. The molecule has 4 atom stereocenters. The van der Waals surface area contributed by atoms with Crippen molar-refractivity contribution in [2.24, 2.45) is 5.73 Å². The summed E-state index contributed by atoms with van der Waals surface area (Å²) in [6.07, 6.45) is 2.51. The number of H-pyrrole nitrogens is 1. The number of primary amides is 1. The molecule has 0 spiro atoms. The lowest BCUT2D eigenvalue weighted by Crippen LogP contribution is -2.58. The normalized spacial score (nSPS) is 13.5. The number of carbonyl (C=O) groups is 6. The summed E-state index contributed by atoms with van der Waals surface area (Å²) in [5.74, 6) is -5.01. The van der Waals surface area contributed by atoms with Crippen molar-refractivity contribution in [2.75, 3.05) is 0 Å². The predicted octanol–water partition coefficient (Wildman–Crippen LogP) is 1.82. The Labute approximate surface area is 274 Å². The summed E-state index contributed by atoms with van der Waals surface area (Å²) in [5, 5.41) is 20.6. The third-order valence-corrected chi connectivity index (χ3v) is 7.77. The van der Waals surface area contributed by atoms with Crippen LogP contribution in [0, 0.1) is 0 Å². The number of amides is 5. The number of aromatic nitrogens is 1. The van der Waals surface area contributed by atoms with Gasteiger partial charge in [-0.05, 0) is 35.7 Å². The Hall–Kier alpha value is -4.72. The lowest BCUT2D eigenvalue weighted by molar-refractivity contribution is -0.141. The Balaban J connectivity index is 1.77. The molecule has 1 heterocycles. The molecule has 3 aromatic rings. The Bertz CT molecular complexity index is 1580. The van der Waals surface area contributed by atoms with Crippen LogP contribution in [0.3, 0.4) is 0 Å². The number of nitrogens with two attached hydrogens (primary N) is 1. The number of nitrogens with one attached hydrogen (secondary N) is 5. The molecule has 0 bridgehead atoms. The molecule has 13 nitrogen and oxygen atoms in total. The standard InChI is InChI=1S/C32H39BrN6O7/c1-3-4-11-24(37-31(45)26(36-18(2)40)15-20-17-35-23-12-6-5-10-22(20)23)30(44)39-27(16-28(41)42)32(46)38-25(29(34)43)14-19-8-7-9-21(33)13-19/h5-10,12-13,17,24-27,35H,3-4,11,14-16H2,1-2H3,(H2,34,43)(H,36,40)(H,37,45)(H,38,46)(H,39,44)(H,41,42)/t24-,25-,26-,27-/m0/s1. The van der Waals surface area contributed by atoms with Gasteiger partial charge in [0, 0.05) is 41.3 Å². The average Bonchev–Trinajstić information content (AvgIpc) is 3.40. The highest BCUT2D eigenvalue weighted by atomic mass is 79.9. The molecule has 0 saturated heterocycles. The van der Waals surface area contributed by atoms with Crippen molar-refractivity contribution in [2.45, 2.75) is 76.5 Å². The number of para-hydroxylation sites is 1. The molecule has 246 valence electrons. The largest absolute Gasteiger partial charge is 0.481 e. The van der Waals surface area contributed by atoms with Crippen molar-refractivity contribution in [3.05, 3.63) is 70.3 Å². The van der Waals surface area contributed by atoms with E-state index in [1.54, 1.807) is 30.5 Å². The molecule has 2 aromatic carbocycles. The maximum absolute atomic E-state index is 13.5. The third kappa shape index (κ3) is 10.7. The number of halogens is 1. The first-order valence-electron chi connectivity index (χ1n) is 14.9. The van der Waals surface area contributed by atoms with Crippen LogP contribution in [0.25, 0.3) is 10.9 Å². The van der Waals surface area contributed by atoms with Crippen molar-refractivity contribution < 1.29 is 33.9 Å². The van der Waals surface area contributed by atoms with E-state index in [0.29, 0.717) is 18.4 Å². The number of unbranched alkanes of at least 4 members (excludes halogenated alkanes) is 1. The van der Waals surface area contributed by atoms with Crippen LogP contribution in [0.1, 0.15) is 50.7 Å². The van der Waals surface area contributed by atoms with Gasteiger partial charge in [0.15, 0.2) is 0 Å². The number of fused-ring (bicyclic) bond motifs is 1. The molecule has 0 aliphatic carbocycles. The molecule has 0 saturated carbocycles. The van der Waals surface area contributed by atoms with Crippen LogP contribution in [0.4, 0.5) is 0 Å². The lowest BCUT2D eigenvalue weighted by Gasteiger charge is -2.25. The Morgan fingerprint density at radius 3 is 2.15 bits per heavy atom. The molecule has 8 N–H and O–H groups in total. The fourth-order valence-corrected chi connectivity index (χ4v) is 5.42. The summed E-state index contributed by atoms with van der Waals surface area (Å²) in [6, 6.07) is 9.56. The van der Waals surface area contributed by atoms with Gasteiger partial charge in [-0.3, -0.25) is 28.8 Å². The minimum atomic E-state index is -1.58. The van der Waals surface area contributed by atoms with E-state index in [2.05, 4.69) is 42.2 Å². The molecule has 0 aliphatic rings. The molecule has 14 heteroatoms. The zero-order valence-electron chi connectivity index (χ0n) is 25.6. The van der Waals surface area contributed by atoms with Crippen LogP contribution in [-0.2, 0) is 41.6 Å². The van der Waals surface area contributed by atoms with Crippen molar-refractivity contribution in [1.82, 2.24) is 26.3 Å². The van der Waals surface area contributed by atoms with Crippen molar-refractivity contribution in [3.8, 4) is 0 Å². The van der Waals surface area contributed by atoms with Gasteiger partial charge < -0.3 is 37.1 Å². The number of carboxylic acid groups (broad SMARTS) is 1. The van der Waals surface area contributed by atoms with Gasteiger partial charge >= 0.3 is 5.97 Å². The average molecular weight is 700 g/mol. The monoisotopic (exact) mass is 698 g/mol. The fourth-order valence-electron chi connectivity index (χ4n) is 4.98. The minimum Gasteiger partial charge on any atom is -0.481 e. The molecule has 0 unspecified atom stereocenters. The summed E-state index contributed by atoms with van der Waals surface area (Å²) in [4.78, 5) is 79.2. The molecule has 5 amide bonds. The summed E-state index contributed by atoms with van der Waals surface area (Å²) in [7, 11) is 0. The van der Waals surface area contributed by atoms with Gasteiger partial charge in [0.05, 0.1) is 6.42 Å². The van der Waals surface area contributed by atoms with E-state index in [9.17, 15) is 33.9 Å². The Kier molecular flexibility index (Phi) is 13.3. The van der Waals surface area contributed by atoms with Crippen LogP contribution in [-0.4, -0.2) is 69.8 Å². The number of aliphatic carboxylic acids is 1. The second-order valence-corrected chi connectivity index (χ2v) is 11.9. The Morgan fingerprint density at radius 2 is 1.50 bits per heavy atom. The van der Waals surface area contributed by atoms with E-state index in [1.165, 1.54) is 6.92 Å². The lowest BCUT2D eigenvalue weighted by atomic mass is 10.0. The van der Waals surface area contributed by atoms with Gasteiger partial charge in [0.1, 0.15) is 24.2 Å². The second-order valence-electron chi connectivity index (χ2n) is 11.0. The highest BCUT2D eigenvalue weighted by molar-refractivity contribution is 9.10. The van der Waals surface area contributed by atoms with E-state index in [1.807, 2.05) is 31.2 Å².